The van der Waals surface area contributed by atoms with Gasteiger partial charge in [0.05, 0.1) is 58.4 Å². The first kappa shape index (κ1) is 74.2. The molecule has 0 saturated heterocycles. The standard InChI is InChI=1S/C36H44N6O6.C33H39N7O6.V/c1-7-33(45)29-13-24(19-39(29)3)12-28(44)9-11-38-36(48)32-15-26(21-41(32)5)17-34(46)30-14-25(20-40(30)4)16-35(47)31-18-27(22-42(31)6)37-10-8-23(2)43;1-7-28(43)26-10-21(16-37(26)3)12-29(44)27-11-22(17-38(27)4)13-30(45)32-36-24(19-40(32)6)15-31(46)33-35-23(18-39(33)5)14-25(42)8-9-34-20(2)41;/h13-15,18-22,37H,7-12,16-17H2,1-6H3,(H,38,48);10-11,16-19H,7-9,12-15H2,1-6H3,(H,34,41);. The van der Waals surface area contributed by atoms with E-state index in [1.165, 1.54) is 13.8 Å². The second-order valence-corrected chi connectivity index (χ2v) is 23.9. The first-order valence-corrected chi connectivity index (χ1v) is 31.0. The van der Waals surface area contributed by atoms with Crippen molar-refractivity contribution < 1.29 is 76.1 Å². The predicted molar refractivity (Wildman–Crippen MR) is 350 cm³/mol. The minimum atomic E-state index is -0.350. The van der Waals surface area contributed by atoms with Crippen LogP contribution < -0.4 is 16.0 Å². The maximum absolute atomic E-state index is 13.3. The molecule has 8 heterocycles. The number of nitrogens with zero attached hydrogens (tertiary/aromatic N) is 10. The van der Waals surface area contributed by atoms with E-state index in [9.17, 15) is 57.5 Å². The van der Waals surface area contributed by atoms with Crippen LogP contribution in [0, 0.1) is 0 Å². The van der Waals surface area contributed by atoms with Crippen molar-refractivity contribution in [3.05, 3.63) is 171 Å². The average Bonchev–Trinajstić information content (AvgIpc) is 1.69. The zero-order valence-electron chi connectivity index (χ0n) is 56.0. The van der Waals surface area contributed by atoms with Crippen LogP contribution in [0.3, 0.4) is 0 Å². The number of hydrogen-bond acceptors (Lipinski definition) is 15. The Balaban J connectivity index is 0.000000298. The molecule has 8 aromatic heterocycles. The smallest absolute Gasteiger partial charge is 0.267 e. The summed E-state index contributed by atoms with van der Waals surface area (Å²) in [6, 6.07) is 10.3. The Morgan fingerprint density at radius 2 is 0.705 bits per heavy atom. The minimum Gasteiger partial charge on any atom is -0.383 e. The summed E-state index contributed by atoms with van der Waals surface area (Å²) < 4.78 is 13.4. The van der Waals surface area contributed by atoms with Gasteiger partial charge in [-0.1, -0.05) is 13.8 Å². The Hall–Kier alpha value is -9.88. The van der Waals surface area contributed by atoms with Crippen molar-refractivity contribution >= 4 is 75.3 Å². The van der Waals surface area contributed by atoms with Crippen LogP contribution in [0.2, 0.25) is 0 Å². The number of carbonyl (C=O) groups excluding carboxylic acids is 12. The molecule has 25 nitrogen and oxygen atoms in total. The monoisotopic (exact) mass is 1340 g/mol. The normalized spacial score (nSPS) is 10.9. The summed E-state index contributed by atoms with van der Waals surface area (Å²) in [7, 11) is 13.9. The van der Waals surface area contributed by atoms with E-state index in [4.69, 9.17) is 0 Å². The van der Waals surface area contributed by atoms with Crippen molar-refractivity contribution in [3.63, 3.8) is 0 Å². The van der Waals surface area contributed by atoms with E-state index in [-0.39, 0.29) is 171 Å². The number of carbonyl (C=O) groups is 12. The molecule has 0 aliphatic heterocycles. The molecule has 0 aromatic carbocycles. The summed E-state index contributed by atoms with van der Waals surface area (Å²) in [4.78, 5) is 158. The van der Waals surface area contributed by atoms with Gasteiger partial charge in [0.2, 0.25) is 17.5 Å². The number of anilines is 1. The fourth-order valence-corrected chi connectivity index (χ4v) is 11.1. The molecule has 2 amide bonds. The quantitative estimate of drug-likeness (QED) is 0.0382. The van der Waals surface area contributed by atoms with E-state index in [2.05, 4.69) is 25.9 Å². The number of amides is 2. The van der Waals surface area contributed by atoms with Crippen molar-refractivity contribution in [2.24, 2.45) is 56.4 Å². The Morgan fingerprint density at radius 1 is 0.358 bits per heavy atom. The van der Waals surface area contributed by atoms with Crippen LogP contribution in [0.15, 0.2) is 86.0 Å². The van der Waals surface area contributed by atoms with Gasteiger partial charge in [0, 0.05) is 215 Å². The zero-order chi connectivity index (χ0) is 68.8. The van der Waals surface area contributed by atoms with E-state index >= 15 is 0 Å². The van der Waals surface area contributed by atoms with Gasteiger partial charge in [0.25, 0.3) is 5.91 Å². The number of aromatic nitrogens is 10. The maximum Gasteiger partial charge on any atom is 0.267 e. The van der Waals surface area contributed by atoms with Crippen LogP contribution >= 0.6 is 0 Å². The number of aryl methyl sites for hydroxylation is 8. The molecule has 0 bridgehead atoms. The molecule has 1 radical (unpaired) electrons. The molecule has 8 aromatic rings. The second-order valence-electron chi connectivity index (χ2n) is 23.9. The molecular weight excluding hydrogens is 1250 g/mol. The molecule has 0 atom stereocenters. The van der Waals surface area contributed by atoms with Crippen LogP contribution in [-0.4, -0.2) is 136 Å². The Labute approximate surface area is 562 Å². The fourth-order valence-electron chi connectivity index (χ4n) is 11.1. The number of imidazole rings is 2. The van der Waals surface area contributed by atoms with Gasteiger partial charge >= 0.3 is 0 Å². The minimum absolute atomic E-state index is 0. The van der Waals surface area contributed by atoms with Crippen LogP contribution in [0.4, 0.5) is 5.69 Å². The fraction of sp³-hybridized carbons (Fsp3) is 0.391. The summed E-state index contributed by atoms with van der Waals surface area (Å²) >= 11 is 0. The molecule has 8 rings (SSSR count). The first-order chi connectivity index (χ1) is 44.5. The van der Waals surface area contributed by atoms with E-state index in [0.29, 0.717) is 88.0 Å². The number of hydrogen-bond donors (Lipinski definition) is 3. The van der Waals surface area contributed by atoms with Gasteiger partial charge < -0.3 is 52.5 Å². The Morgan fingerprint density at radius 3 is 1.14 bits per heavy atom. The maximum atomic E-state index is 13.3. The van der Waals surface area contributed by atoms with Crippen molar-refractivity contribution in [3.8, 4) is 0 Å². The molecule has 95 heavy (non-hydrogen) atoms. The van der Waals surface area contributed by atoms with E-state index in [0.717, 1.165) is 16.8 Å². The van der Waals surface area contributed by atoms with Gasteiger partial charge in [-0.05, 0) is 71.1 Å². The number of ketones is 10. The molecule has 0 spiro atoms. The van der Waals surface area contributed by atoms with Gasteiger partial charge in [-0.3, -0.25) is 57.5 Å². The summed E-state index contributed by atoms with van der Waals surface area (Å²) in [5.41, 5.74) is 8.08. The summed E-state index contributed by atoms with van der Waals surface area (Å²) in [6.45, 7) is 7.41. The van der Waals surface area contributed by atoms with E-state index in [1.807, 2.05) is 0 Å². The largest absolute Gasteiger partial charge is 0.383 e. The molecule has 0 aliphatic rings. The van der Waals surface area contributed by atoms with Crippen LogP contribution in [-0.2, 0) is 139 Å². The topological polar surface area (TPSA) is 306 Å². The second kappa shape index (κ2) is 33.3. The average molecular weight is 1340 g/mol. The van der Waals surface area contributed by atoms with Crippen LogP contribution in [0.25, 0.3) is 0 Å². The third kappa shape index (κ3) is 20.1. The van der Waals surface area contributed by atoms with Crippen LogP contribution in [0.1, 0.15) is 183 Å². The first-order valence-electron chi connectivity index (χ1n) is 31.0. The molecule has 0 fully saturated rings. The molecular formula is C69H83N13O12V. The van der Waals surface area contributed by atoms with Gasteiger partial charge in [-0.15, -0.1) is 0 Å². The molecule has 0 unspecified atom stereocenters. The van der Waals surface area contributed by atoms with Crippen molar-refractivity contribution in [1.82, 2.24) is 57.1 Å². The van der Waals surface area contributed by atoms with Crippen LogP contribution in [0.5, 0.6) is 0 Å². The number of nitrogens with one attached hydrogen (secondary N) is 3. The van der Waals surface area contributed by atoms with E-state index in [1.54, 1.807) is 193 Å². The summed E-state index contributed by atoms with van der Waals surface area (Å²) in [5, 5.41) is 8.52. The zero-order valence-corrected chi connectivity index (χ0v) is 57.4. The van der Waals surface area contributed by atoms with Gasteiger partial charge in [0.15, 0.2) is 40.6 Å². The predicted octanol–water partition coefficient (Wildman–Crippen LogP) is 6.14. The van der Waals surface area contributed by atoms with Gasteiger partial charge in [0.1, 0.15) is 23.0 Å². The van der Waals surface area contributed by atoms with Crippen molar-refractivity contribution in [1.29, 1.82) is 0 Å². The number of Topliss-reactive ketones (excluding diaryl/α,β-unsaturated/α-hetero) is 10. The molecule has 0 aliphatic carbocycles. The Kier molecular flexibility index (Phi) is 26.0. The number of rotatable bonds is 34. The summed E-state index contributed by atoms with van der Waals surface area (Å²) in [6.07, 6.45) is 15.8. The Bertz CT molecular complexity index is 4240. The molecule has 501 valence electrons. The molecule has 3 N–H and O–H groups in total. The van der Waals surface area contributed by atoms with Gasteiger partial charge in [-0.2, -0.15) is 0 Å². The van der Waals surface area contributed by atoms with Gasteiger partial charge in [-0.25, -0.2) is 9.97 Å². The third-order valence-electron chi connectivity index (χ3n) is 15.8. The van der Waals surface area contributed by atoms with Crippen molar-refractivity contribution in [2.45, 2.75) is 105 Å². The summed E-state index contributed by atoms with van der Waals surface area (Å²) in [5.74, 6) is -1.21. The third-order valence-corrected chi connectivity index (χ3v) is 15.8. The van der Waals surface area contributed by atoms with E-state index < -0.39 is 0 Å². The SMILES string of the molecule is CCC(=O)c1cc(CC(=O)CCNC(=O)c2cc(CC(=O)c3cc(CC(=O)c4cc(NCCC(C)=O)cn4C)cn3C)cn2C)cn1C.CCC(=O)c1cc(CC(=O)c2cc(CC(=O)c3nc(CC(=O)c4nc(CC(=O)CCNC(C)=O)cn4C)cn3C)cn2C)cn1C.[V]. The molecule has 0 saturated carbocycles. The van der Waals surface area contributed by atoms with Crippen molar-refractivity contribution in [2.75, 3.05) is 25.0 Å². The molecule has 26 heteroatoms.